The SMILES string of the molecule is Cc1cc(-c2cnn(C)c2)cc([C@@H]2CCN(C(=O)Cc3c[nH]c4ccccc34)C2)n1. The molecule has 4 aromatic rings. The zero-order chi connectivity index (χ0) is 20.7. The number of pyridine rings is 1. The summed E-state index contributed by atoms with van der Waals surface area (Å²) < 4.78 is 1.81. The van der Waals surface area contributed by atoms with E-state index in [-0.39, 0.29) is 11.8 Å². The minimum Gasteiger partial charge on any atom is -0.361 e. The fourth-order valence-corrected chi connectivity index (χ4v) is 4.42. The molecule has 30 heavy (non-hydrogen) atoms. The number of H-pyrrole nitrogens is 1. The third-order valence-corrected chi connectivity index (χ3v) is 5.99. The first-order valence-corrected chi connectivity index (χ1v) is 10.4. The van der Waals surface area contributed by atoms with Crippen molar-refractivity contribution in [1.29, 1.82) is 0 Å². The number of hydrogen-bond acceptors (Lipinski definition) is 3. The van der Waals surface area contributed by atoms with Gasteiger partial charge in [0, 0.05) is 66.3 Å². The zero-order valence-corrected chi connectivity index (χ0v) is 17.3. The molecule has 1 aromatic carbocycles. The molecule has 1 amide bonds. The van der Waals surface area contributed by atoms with E-state index in [1.54, 1.807) is 0 Å². The minimum absolute atomic E-state index is 0.183. The number of benzene rings is 1. The molecule has 4 heterocycles. The van der Waals surface area contributed by atoms with Gasteiger partial charge in [0.05, 0.1) is 12.6 Å². The number of nitrogens with zero attached hydrogens (tertiary/aromatic N) is 4. The highest BCUT2D eigenvalue weighted by Gasteiger charge is 2.29. The van der Waals surface area contributed by atoms with Crippen molar-refractivity contribution in [2.75, 3.05) is 13.1 Å². The number of amides is 1. The fourth-order valence-electron chi connectivity index (χ4n) is 4.42. The Kier molecular flexibility index (Phi) is 4.62. The first kappa shape index (κ1) is 18.6. The first-order chi connectivity index (χ1) is 14.6. The third kappa shape index (κ3) is 3.49. The summed E-state index contributed by atoms with van der Waals surface area (Å²) in [7, 11) is 1.92. The predicted octanol–water partition coefficient (Wildman–Crippen LogP) is 3.83. The van der Waals surface area contributed by atoms with Crippen LogP contribution in [0.4, 0.5) is 0 Å². The lowest BCUT2D eigenvalue weighted by molar-refractivity contribution is -0.129. The molecule has 1 N–H and O–H groups in total. The smallest absolute Gasteiger partial charge is 0.227 e. The predicted molar refractivity (Wildman–Crippen MR) is 117 cm³/mol. The molecule has 0 radical (unpaired) electrons. The minimum atomic E-state index is 0.183. The van der Waals surface area contributed by atoms with E-state index in [0.29, 0.717) is 6.42 Å². The third-order valence-electron chi connectivity index (χ3n) is 5.99. The number of aryl methyl sites for hydroxylation is 2. The van der Waals surface area contributed by atoms with Gasteiger partial charge in [-0.2, -0.15) is 5.10 Å². The van der Waals surface area contributed by atoms with Gasteiger partial charge in [0.1, 0.15) is 0 Å². The monoisotopic (exact) mass is 399 g/mol. The van der Waals surface area contributed by atoms with E-state index < -0.39 is 0 Å². The lowest BCUT2D eigenvalue weighted by Crippen LogP contribution is -2.29. The number of aromatic nitrogens is 4. The second-order valence-electron chi connectivity index (χ2n) is 8.19. The average molecular weight is 399 g/mol. The summed E-state index contributed by atoms with van der Waals surface area (Å²) in [6.07, 6.45) is 7.23. The van der Waals surface area contributed by atoms with Gasteiger partial charge >= 0.3 is 0 Å². The first-order valence-electron chi connectivity index (χ1n) is 10.4. The van der Waals surface area contributed by atoms with Crippen LogP contribution in [0, 0.1) is 6.92 Å². The van der Waals surface area contributed by atoms with Crippen molar-refractivity contribution in [3.05, 3.63) is 71.9 Å². The van der Waals surface area contributed by atoms with Crippen molar-refractivity contribution in [2.24, 2.45) is 7.05 Å². The number of nitrogens with one attached hydrogen (secondary N) is 1. The largest absolute Gasteiger partial charge is 0.361 e. The number of fused-ring (bicyclic) bond motifs is 1. The molecule has 0 unspecified atom stereocenters. The number of hydrogen-bond donors (Lipinski definition) is 1. The van der Waals surface area contributed by atoms with Gasteiger partial charge in [-0.25, -0.2) is 0 Å². The van der Waals surface area contributed by atoms with Crippen LogP contribution >= 0.6 is 0 Å². The second kappa shape index (κ2) is 7.44. The molecule has 1 atom stereocenters. The van der Waals surface area contributed by atoms with Gasteiger partial charge in [-0.3, -0.25) is 14.5 Å². The molecule has 6 nitrogen and oxygen atoms in total. The Bertz CT molecular complexity index is 1220. The van der Waals surface area contributed by atoms with Crippen molar-refractivity contribution < 1.29 is 4.79 Å². The van der Waals surface area contributed by atoms with E-state index in [2.05, 4.69) is 28.3 Å². The molecule has 5 rings (SSSR count). The highest BCUT2D eigenvalue weighted by Crippen LogP contribution is 2.30. The number of carbonyl (C=O) groups is 1. The summed E-state index contributed by atoms with van der Waals surface area (Å²) in [6, 6.07) is 12.4. The van der Waals surface area contributed by atoms with Crippen LogP contribution in [0.5, 0.6) is 0 Å². The van der Waals surface area contributed by atoms with E-state index in [1.807, 2.05) is 60.3 Å². The molecule has 1 fully saturated rings. The highest BCUT2D eigenvalue weighted by atomic mass is 16.2. The van der Waals surface area contributed by atoms with Gasteiger partial charge in [-0.1, -0.05) is 18.2 Å². The van der Waals surface area contributed by atoms with Gasteiger partial charge in [0.2, 0.25) is 5.91 Å². The van der Waals surface area contributed by atoms with Gasteiger partial charge in [0.15, 0.2) is 0 Å². The van der Waals surface area contributed by atoms with Crippen LogP contribution in [0.1, 0.15) is 29.3 Å². The van der Waals surface area contributed by atoms with E-state index >= 15 is 0 Å². The normalized spacial score (nSPS) is 16.5. The van der Waals surface area contributed by atoms with Crippen molar-refractivity contribution in [1.82, 2.24) is 24.6 Å². The summed E-state index contributed by atoms with van der Waals surface area (Å²) in [6.45, 7) is 3.53. The van der Waals surface area contributed by atoms with E-state index in [4.69, 9.17) is 4.98 Å². The maximum absolute atomic E-state index is 13.0. The van der Waals surface area contributed by atoms with Crippen molar-refractivity contribution in [3.63, 3.8) is 0 Å². The lowest BCUT2D eigenvalue weighted by Gasteiger charge is -2.17. The summed E-state index contributed by atoms with van der Waals surface area (Å²) in [5.41, 5.74) is 6.42. The van der Waals surface area contributed by atoms with Crippen LogP contribution in [-0.4, -0.2) is 43.6 Å². The van der Waals surface area contributed by atoms with E-state index in [0.717, 1.165) is 58.5 Å². The van der Waals surface area contributed by atoms with Gasteiger partial charge in [0.25, 0.3) is 0 Å². The lowest BCUT2D eigenvalue weighted by atomic mass is 10.00. The standard InChI is InChI=1S/C24H25N5O/c1-16-9-18(20-13-26-28(2)14-20)10-23(27-16)17-7-8-29(15-17)24(30)11-19-12-25-22-6-4-3-5-21(19)22/h3-6,9-10,12-14,17,25H,7-8,11,15H2,1-2H3/t17-/m1/s1. The molecule has 0 saturated carbocycles. The summed E-state index contributed by atoms with van der Waals surface area (Å²) in [4.78, 5) is 23.0. The van der Waals surface area contributed by atoms with Crippen molar-refractivity contribution >= 4 is 16.8 Å². The molecule has 1 saturated heterocycles. The Labute approximate surface area is 175 Å². The summed E-state index contributed by atoms with van der Waals surface area (Å²) >= 11 is 0. The quantitative estimate of drug-likeness (QED) is 0.567. The van der Waals surface area contributed by atoms with Crippen LogP contribution in [0.2, 0.25) is 0 Å². The molecule has 0 aliphatic carbocycles. The molecule has 152 valence electrons. The molecule has 1 aliphatic rings. The topological polar surface area (TPSA) is 66.8 Å². The maximum atomic E-state index is 13.0. The molecular formula is C24H25N5O. The number of carbonyl (C=O) groups excluding carboxylic acids is 1. The van der Waals surface area contributed by atoms with Crippen LogP contribution in [0.3, 0.4) is 0 Å². The number of rotatable bonds is 4. The summed E-state index contributed by atoms with van der Waals surface area (Å²) in [5, 5.41) is 5.41. The Morgan fingerprint density at radius 2 is 2.10 bits per heavy atom. The number of para-hydroxylation sites is 1. The molecule has 6 heteroatoms. The summed E-state index contributed by atoms with van der Waals surface area (Å²) in [5.74, 6) is 0.453. The Morgan fingerprint density at radius 1 is 1.23 bits per heavy atom. The van der Waals surface area contributed by atoms with Crippen LogP contribution in [-0.2, 0) is 18.3 Å². The number of likely N-dealkylation sites (tertiary alicyclic amines) is 1. The molecule has 0 bridgehead atoms. The number of aromatic amines is 1. The Morgan fingerprint density at radius 3 is 2.93 bits per heavy atom. The molecule has 1 aliphatic heterocycles. The zero-order valence-electron chi connectivity index (χ0n) is 17.3. The average Bonchev–Trinajstić information content (AvgIpc) is 3.48. The van der Waals surface area contributed by atoms with Gasteiger partial charge in [-0.15, -0.1) is 0 Å². The van der Waals surface area contributed by atoms with Gasteiger partial charge in [-0.05, 0) is 42.7 Å². The Balaban J connectivity index is 1.32. The van der Waals surface area contributed by atoms with Gasteiger partial charge < -0.3 is 9.88 Å². The maximum Gasteiger partial charge on any atom is 0.227 e. The molecular weight excluding hydrogens is 374 g/mol. The Hall–Kier alpha value is -3.41. The van der Waals surface area contributed by atoms with E-state index in [9.17, 15) is 4.79 Å². The van der Waals surface area contributed by atoms with Crippen LogP contribution in [0.25, 0.3) is 22.0 Å². The molecule has 3 aromatic heterocycles. The molecule has 0 spiro atoms. The van der Waals surface area contributed by atoms with Crippen LogP contribution < -0.4 is 0 Å². The van der Waals surface area contributed by atoms with Crippen LogP contribution in [0.15, 0.2) is 55.0 Å². The van der Waals surface area contributed by atoms with Crippen molar-refractivity contribution in [2.45, 2.75) is 25.7 Å². The van der Waals surface area contributed by atoms with Crippen molar-refractivity contribution in [3.8, 4) is 11.1 Å². The second-order valence-corrected chi connectivity index (χ2v) is 8.19. The highest BCUT2D eigenvalue weighted by molar-refractivity contribution is 5.89. The van der Waals surface area contributed by atoms with E-state index in [1.165, 1.54) is 0 Å². The fraction of sp³-hybridized carbons (Fsp3) is 0.292.